The summed E-state index contributed by atoms with van der Waals surface area (Å²) in [6, 6.07) is 13.0. The summed E-state index contributed by atoms with van der Waals surface area (Å²) in [7, 11) is 0. The van der Waals surface area contributed by atoms with Gasteiger partial charge in [-0.2, -0.15) is 29.8 Å². The first-order chi connectivity index (χ1) is 11.7. The highest BCUT2D eigenvalue weighted by atomic mass is 32.1. The lowest BCUT2D eigenvalue weighted by atomic mass is 9.97. The van der Waals surface area contributed by atoms with Crippen molar-refractivity contribution < 1.29 is 0 Å². The van der Waals surface area contributed by atoms with Gasteiger partial charge < -0.3 is 0 Å². The average molecular weight is 326 g/mol. The quantitative estimate of drug-likeness (QED) is 0.618. The maximum Gasteiger partial charge on any atom is 0.139 e. The zero-order chi connectivity index (χ0) is 17.3. The van der Waals surface area contributed by atoms with E-state index in [-0.39, 0.29) is 11.1 Å². The minimum Gasteiger partial charge on any atom is -0.192 e. The Kier molecular flexibility index (Phi) is 3.64. The molecule has 0 saturated heterocycles. The average Bonchev–Trinajstić information content (AvgIpc) is 3.07. The van der Waals surface area contributed by atoms with Gasteiger partial charge in [0, 0.05) is 10.4 Å². The second-order valence-corrected chi connectivity index (χ2v) is 5.49. The van der Waals surface area contributed by atoms with Crippen LogP contribution in [-0.2, 0) is 0 Å². The number of hydrogen-bond donors (Lipinski definition) is 0. The Morgan fingerprint density at radius 1 is 0.833 bits per heavy atom. The van der Waals surface area contributed by atoms with Crippen LogP contribution in [0.15, 0.2) is 18.2 Å². The molecule has 0 spiro atoms. The molecule has 0 unspecified atom stereocenters. The van der Waals surface area contributed by atoms with Crippen LogP contribution < -0.4 is 10.4 Å². The predicted molar refractivity (Wildman–Crippen MR) is 88.2 cm³/mol. The fourth-order valence-corrected chi connectivity index (χ4v) is 3.19. The van der Waals surface area contributed by atoms with Crippen LogP contribution in [0.1, 0.15) is 5.56 Å². The number of hydrogen-bond acceptors (Lipinski definition) is 7. The van der Waals surface area contributed by atoms with Crippen LogP contribution in [-0.4, -0.2) is 8.75 Å². The Balaban J connectivity index is 2.93. The minimum atomic E-state index is -0.0800. The van der Waals surface area contributed by atoms with Crippen LogP contribution >= 0.6 is 11.7 Å². The van der Waals surface area contributed by atoms with Crippen molar-refractivity contribution in [3.63, 3.8) is 0 Å². The zero-order valence-corrected chi connectivity index (χ0v) is 13.1. The van der Waals surface area contributed by atoms with Crippen molar-refractivity contribution in [3.05, 3.63) is 34.2 Å². The Hall–Kier alpha value is -3.78. The molecule has 0 saturated carbocycles. The second kappa shape index (κ2) is 5.78. The molecule has 7 heteroatoms. The molecule has 0 aliphatic rings. The van der Waals surface area contributed by atoms with Gasteiger partial charge in [0.2, 0.25) is 0 Å². The molecule has 2 aromatic carbocycles. The van der Waals surface area contributed by atoms with Crippen molar-refractivity contribution in [2.24, 2.45) is 0 Å². The third-order valence-electron chi connectivity index (χ3n) is 3.62. The normalized spacial score (nSPS) is 9.71. The summed E-state index contributed by atoms with van der Waals surface area (Å²) in [4.78, 5) is 0. The first-order valence-corrected chi connectivity index (χ1v) is 7.43. The number of rotatable bonds is 0. The third-order valence-corrected chi connectivity index (χ3v) is 4.15. The molecular formula is C17H6N6S. The number of aromatic nitrogens is 2. The summed E-state index contributed by atoms with van der Waals surface area (Å²) in [6.07, 6.45) is 0. The van der Waals surface area contributed by atoms with Crippen LogP contribution in [0.3, 0.4) is 0 Å². The Morgan fingerprint density at radius 3 is 1.83 bits per heavy atom. The van der Waals surface area contributed by atoms with Crippen LogP contribution in [0.4, 0.5) is 0 Å². The van der Waals surface area contributed by atoms with E-state index in [1.165, 1.54) is 0 Å². The molecule has 3 aromatic rings. The van der Waals surface area contributed by atoms with E-state index >= 15 is 0 Å². The molecule has 0 aliphatic heterocycles. The Labute approximate surface area is 140 Å². The fraction of sp³-hybridized carbons (Fsp3) is 0.0588. The van der Waals surface area contributed by atoms with Gasteiger partial charge in [-0.25, -0.2) is 0 Å². The maximum absolute atomic E-state index is 9.31. The topological polar surface area (TPSA) is 121 Å². The van der Waals surface area contributed by atoms with Crippen LogP contribution in [0, 0.1) is 52.2 Å². The Morgan fingerprint density at radius 2 is 1.33 bits per heavy atom. The zero-order valence-electron chi connectivity index (χ0n) is 12.3. The third kappa shape index (κ3) is 2.06. The molecule has 24 heavy (non-hydrogen) atoms. The first-order valence-electron chi connectivity index (χ1n) is 6.69. The van der Waals surface area contributed by atoms with E-state index in [0.29, 0.717) is 32.2 Å². The molecule has 6 nitrogen and oxygen atoms in total. The summed E-state index contributed by atoms with van der Waals surface area (Å²) in [5.41, 5.74) is 1.47. The number of fused-ring (bicyclic) bond motifs is 2. The lowest BCUT2D eigenvalue weighted by molar-refractivity contribution is 1.47. The number of nitrogens with zero attached hydrogens (tertiary/aromatic N) is 6. The molecule has 0 atom stereocenters. The van der Waals surface area contributed by atoms with Gasteiger partial charge in [-0.1, -0.05) is 23.8 Å². The van der Waals surface area contributed by atoms with E-state index in [9.17, 15) is 21.0 Å². The van der Waals surface area contributed by atoms with Crippen molar-refractivity contribution in [2.45, 2.75) is 6.92 Å². The lowest BCUT2D eigenvalue weighted by Crippen LogP contribution is -2.18. The van der Waals surface area contributed by atoms with Crippen LogP contribution in [0.2, 0.25) is 0 Å². The smallest absolute Gasteiger partial charge is 0.139 e. The lowest BCUT2D eigenvalue weighted by Gasteiger charge is -2.04. The summed E-state index contributed by atoms with van der Waals surface area (Å²) in [6.45, 7) is 1.88. The van der Waals surface area contributed by atoms with E-state index in [1.54, 1.807) is 6.07 Å². The van der Waals surface area contributed by atoms with E-state index in [4.69, 9.17) is 0 Å². The highest BCUT2D eigenvalue weighted by Crippen LogP contribution is 2.16. The summed E-state index contributed by atoms with van der Waals surface area (Å²) in [5.74, 6) is 0. The van der Waals surface area contributed by atoms with E-state index in [1.807, 2.05) is 43.3 Å². The number of nitriles is 4. The van der Waals surface area contributed by atoms with Gasteiger partial charge in [0.05, 0.1) is 11.7 Å². The molecular weight excluding hydrogens is 320 g/mol. The van der Waals surface area contributed by atoms with Gasteiger partial charge in [0.15, 0.2) is 0 Å². The summed E-state index contributed by atoms with van der Waals surface area (Å²) in [5, 5.41) is 39.2. The highest BCUT2D eigenvalue weighted by Gasteiger charge is 2.15. The van der Waals surface area contributed by atoms with E-state index < -0.39 is 0 Å². The van der Waals surface area contributed by atoms with Gasteiger partial charge in [-0.05, 0) is 17.7 Å². The molecule has 110 valence electrons. The van der Waals surface area contributed by atoms with Gasteiger partial charge in [0.25, 0.3) is 0 Å². The second-order valence-electron chi connectivity index (χ2n) is 4.96. The van der Waals surface area contributed by atoms with Crippen molar-refractivity contribution >= 4 is 44.7 Å². The SMILES string of the molecule is Cc1ccc2c(=C(C#N)C#N)c3nsnc3c(=C(C#N)C#N)c2c1. The Bertz CT molecular complexity index is 1270. The summed E-state index contributed by atoms with van der Waals surface area (Å²) < 4.78 is 8.40. The maximum atomic E-state index is 9.31. The number of aryl methyl sites for hydroxylation is 1. The van der Waals surface area contributed by atoms with Crippen molar-refractivity contribution in [1.82, 2.24) is 8.75 Å². The molecule has 0 fully saturated rings. The van der Waals surface area contributed by atoms with E-state index in [2.05, 4.69) is 8.75 Å². The largest absolute Gasteiger partial charge is 0.192 e. The van der Waals surface area contributed by atoms with Crippen molar-refractivity contribution in [2.75, 3.05) is 0 Å². The predicted octanol–water partition coefficient (Wildman–Crippen LogP) is 1.55. The molecule has 3 rings (SSSR count). The van der Waals surface area contributed by atoms with Crippen LogP contribution in [0.5, 0.6) is 0 Å². The molecule has 0 N–H and O–H groups in total. The molecule has 1 heterocycles. The van der Waals surface area contributed by atoms with Gasteiger partial charge in [-0.3, -0.25) is 0 Å². The minimum absolute atomic E-state index is 0.0784. The monoisotopic (exact) mass is 326 g/mol. The van der Waals surface area contributed by atoms with Crippen LogP contribution in [0.25, 0.3) is 33.0 Å². The van der Waals surface area contributed by atoms with E-state index in [0.717, 1.165) is 17.3 Å². The molecule has 0 aliphatic carbocycles. The molecule has 0 bridgehead atoms. The summed E-state index contributed by atoms with van der Waals surface area (Å²) >= 11 is 0.908. The van der Waals surface area contributed by atoms with Gasteiger partial charge in [0.1, 0.15) is 46.5 Å². The molecule has 0 radical (unpaired) electrons. The van der Waals surface area contributed by atoms with Gasteiger partial charge >= 0.3 is 0 Å². The molecule has 1 aromatic heterocycles. The first kappa shape index (κ1) is 15.1. The number of benzene rings is 2. The highest BCUT2D eigenvalue weighted by molar-refractivity contribution is 7.00. The fourth-order valence-electron chi connectivity index (χ4n) is 2.63. The molecule has 0 amide bonds. The van der Waals surface area contributed by atoms with Crippen molar-refractivity contribution in [1.29, 1.82) is 21.0 Å². The van der Waals surface area contributed by atoms with Gasteiger partial charge in [-0.15, -0.1) is 0 Å². The van der Waals surface area contributed by atoms with Crippen molar-refractivity contribution in [3.8, 4) is 24.3 Å². The standard InChI is InChI=1S/C17H6N6S/c1-9-2-3-12-13(4-9)15(11(7-20)8-21)17-16(22-24-23-17)14(12)10(5-18)6-19/h2-4H,1H3.